The number of hydrogen-bond donors (Lipinski definition) is 2. The van der Waals surface area contributed by atoms with Gasteiger partial charge in [-0.3, -0.25) is 9.59 Å². The molecule has 276 valence electrons. The molecular weight excluding hydrogens is 612 g/mol. The van der Waals surface area contributed by atoms with E-state index in [0.717, 1.165) is 64.2 Å². The molecule has 0 aromatic carbocycles. The molecule has 0 heterocycles. The number of carbonyl (C=O) groups is 2. The van der Waals surface area contributed by atoms with Crippen LogP contribution in [0.15, 0.2) is 46.6 Å². The van der Waals surface area contributed by atoms with Gasteiger partial charge in [0.1, 0.15) is 19.1 Å². The van der Waals surface area contributed by atoms with E-state index >= 15 is 0 Å². The van der Waals surface area contributed by atoms with E-state index < -0.39 is 11.9 Å². The number of rotatable bonds is 12. The third kappa shape index (κ3) is 8.32. The molecule has 6 nitrogen and oxygen atoms in total. The first-order chi connectivity index (χ1) is 22.9. The first-order valence-corrected chi connectivity index (χ1v) is 19.2. The molecule has 0 amide bonds. The maximum atomic E-state index is 13.0. The highest BCUT2D eigenvalue weighted by atomic mass is 16.6. The molecule has 0 radical (unpaired) electrons. The van der Waals surface area contributed by atoms with Gasteiger partial charge < -0.3 is 19.7 Å². The third-order valence-corrected chi connectivity index (χ3v) is 14.4. The van der Waals surface area contributed by atoms with Crippen molar-refractivity contribution in [1.82, 2.24) is 0 Å². The SMILES string of the molecule is CC(=CCOC(=O)CC(=O)OC1CCC2(C)C(CCC(C)=CCO)C(C)=CCC2C1(C)C)CCC1C(C)=CCC2C(C)(C)C(O)CCC12C. The highest BCUT2D eigenvalue weighted by Gasteiger charge is 2.57. The van der Waals surface area contributed by atoms with Gasteiger partial charge in [-0.2, -0.15) is 0 Å². The van der Waals surface area contributed by atoms with Crippen LogP contribution in [-0.2, 0) is 19.1 Å². The Morgan fingerprint density at radius 3 is 1.86 bits per heavy atom. The standard InChI is InChI=1S/C43H68O6/c1-28(21-25-44)11-15-33-31(4)14-18-35-41(7,8)37(20-24-43(33,35)10)49-39(47)27-38(46)48-26-22-29(2)12-16-32-30(3)13-17-34-40(5,6)36(45)19-23-42(32,34)9/h13-14,21-22,32-37,44-45H,11-12,15-20,23-27H2,1-10H3. The molecule has 2 saturated carbocycles. The number of aliphatic hydroxyl groups excluding tert-OH is 2. The van der Waals surface area contributed by atoms with Crippen molar-refractivity contribution in [3.8, 4) is 0 Å². The molecule has 8 unspecified atom stereocenters. The predicted molar refractivity (Wildman–Crippen MR) is 197 cm³/mol. The molecule has 2 N–H and O–H groups in total. The van der Waals surface area contributed by atoms with Crippen LogP contribution in [0.3, 0.4) is 0 Å². The fourth-order valence-corrected chi connectivity index (χ4v) is 11.1. The lowest BCUT2D eigenvalue weighted by atomic mass is 9.47. The van der Waals surface area contributed by atoms with E-state index in [-0.39, 0.29) is 53.5 Å². The zero-order chi connectivity index (χ0) is 36.4. The van der Waals surface area contributed by atoms with Crippen LogP contribution >= 0.6 is 0 Å². The molecule has 0 saturated heterocycles. The van der Waals surface area contributed by atoms with Crippen molar-refractivity contribution >= 4 is 11.9 Å². The molecule has 0 aromatic heterocycles. The summed E-state index contributed by atoms with van der Waals surface area (Å²) in [5.74, 6) is 0.700. The normalized spacial score (nSPS) is 35.8. The second-order valence-electron chi connectivity index (χ2n) is 18.0. The lowest BCUT2D eigenvalue weighted by molar-refractivity contribution is -0.176. The van der Waals surface area contributed by atoms with E-state index in [1.807, 2.05) is 12.2 Å². The Kier molecular flexibility index (Phi) is 12.6. The van der Waals surface area contributed by atoms with E-state index in [4.69, 9.17) is 9.47 Å². The summed E-state index contributed by atoms with van der Waals surface area (Å²) in [6, 6.07) is 0. The van der Waals surface area contributed by atoms with E-state index in [9.17, 15) is 19.8 Å². The fraction of sp³-hybridized carbons (Fsp3) is 0.767. The molecular formula is C43H68O6. The molecule has 0 spiro atoms. The molecule has 0 aliphatic heterocycles. The fourth-order valence-electron chi connectivity index (χ4n) is 11.1. The Bertz CT molecular complexity index is 1330. The Morgan fingerprint density at radius 2 is 1.31 bits per heavy atom. The van der Waals surface area contributed by atoms with Gasteiger partial charge >= 0.3 is 11.9 Å². The summed E-state index contributed by atoms with van der Waals surface area (Å²) in [7, 11) is 0. The van der Waals surface area contributed by atoms with Crippen LogP contribution in [-0.4, -0.2) is 47.6 Å². The minimum atomic E-state index is -0.542. The van der Waals surface area contributed by atoms with Crippen LogP contribution in [0.5, 0.6) is 0 Å². The number of hydrogen-bond acceptors (Lipinski definition) is 6. The Morgan fingerprint density at radius 1 is 0.796 bits per heavy atom. The Labute approximate surface area is 297 Å². The quantitative estimate of drug-likeness (QED) is 0.121. The lowest BCUT2D eigenvalue weighted by Crippen LogP contribution is -2.55. The first-order valence-electron chi connectivity index (χ1n) is 19.2. The Balaban J connectivity index is 1.26. The van der Waals surface area contributed by atoms with Crippen LogP contribution < -0.4 is 0 Å². The molecule has 0 bridgehead atoms. The first kappa shape index (κ1) is 39.6. The van der Waals surface area contributed by atoms with Crippen LogP contribution in [0.4, 0.5) is 0 Å². The van der Waals surface area contributed by atoms with E-state index in [2.05, 4.69) is 81.4 Å². The van der Waals surface area contributed by atoms with E-state index in [1.165, 1.54) is 22.3 Å². The molecule has 49 heavy (non-hydrogen) atoms. The largest absolute Gasteiger partial charge is 0.461 e. The van der Waals surface area contributed by atoms with Crippen LogP contribution in [0.1, 0.15) is 140 Å². The van der Waals surface area contributed by atoms with Crippen molar-refractivity contribution in [3.63, 3.8) is 0 Å². The monoisotopic (exact) mass is 681 g/mol. The number of allylic oxidation sites excluding steroid dienone is 6. The average molecular weight is 681 g/mol. The second-order valence-corrected chi connectivity index (χ2v) is 18.0. The molecule has 0 aromatic rings. The summed E-state index contributed by atoms with van der Waals surface area (Å²) in [5, 5.41) is 20.1. The van der Waals surface area contributed by atoms with Gasteiger partial charge in [-0.15, -0.1) is 0 Å². The highest BCUT2D eigenvalue weighted by Crippen LogP contribution is 2.62. The summed E-state index contributed by atoms with van der Waals surface area (Å²) in [5.41, 5.74) is 5.28. The minimum absolute atomic E-state index is 0.0829. The summed E-state index contributed by atoms with van der Waals surface area (Å²) >= 11 is 0. The van der Waals surface area contributed by atoms with Gasteiger partial charge in [-0.25, -0.2) is 0 Å². The van der Waals surface area contributed by atoms with Gasteiger partial charge in [0.05, 0.1) is 12.7 Å². The van der Waals surface area contributed by atoms with Gasteiger partial charge in [0.2, 0.25) is 0 Å². The summed E-state index contributed by atoms with van der Waals surface area (Å²) in [4.78, 5) is 25.7. The van der Waals surface area contributed by atoms with Gasteiger partial charge in [0, 0.05) is 5.41 Å². The average Bonchev–Trinajstić information content (AvgIpc) is 3.00. The number of esters is 2. The predicted octanol–water partition coefficient (Wildman–Crippen LogP) is 9.46. The third-order valence-electron chi connectivity index (χ3n) is 14.4. The molecule has 2 fully saturated rings. The summed E-state index contributed by atoms with van der Waals surface area (Å²) < 4.78 is 11.5. The van der Waals surface area contributed by atoms with Crippen LogP contribution in [0.25, 0.3) is 0 Å². The zero-order valence-corrected chi connectivity index (χ0v) is 32.5. The number of carbonyl (C=O) groups excluding carboxylic acids is 2. The number of aliphatic hydroxyl groups is 2. The maximum absolute atomic E-state index is 13.0. The van der Waals surface area contributed by atoms with Gasteiger partial charge in [-0.1, -0.05) is 82.1 Å². The molecule has 8 atom stereocenters. The number of ether oxygens (including phenoxy) is 2. The van der Waals surface area contributed by atoms with E-state index in [0.29, 0.717) is 23.7 Å². The lowest BCUT2D eigenvalue weighted by Gasteiger charge is -2.59. The highest BCUT2D eigenvalue weighted by molar-refractivity contribution is 5.91. The van der Waals surface area contributed by atoms with Crippen molar-refractivity contribution in [1.29, 1.82) is 0 Å². The van der Waals surface area contributed by atoms with E-state index in [1.54, 1.807) is 0 Å². The maximum Gasteiger partial charge on any atom is 0.317 e. The van der Waals surface area contributed by atoms with Crippen molar-refractivity contribution in [3.05, 3.63) is 46.6 Å². The topological polar surface area (TPSA) is 93.1 Å². The van der Waals surface area contributed by atoms with Crippen LogP contribution in [0.2, 0.25) is 0 Å². The Hall–Kier alpha value is -2.18. The number of fused-ring (bicyclic) bond motifs is 2. The summed E-state index contributed by atoms with van der Waals surface area (Å²) in [6.07, 6.45) is 17.5. The van der Waals surface area contributed by atoms with Crippen molar-refractivity contribution in [2.75, 3.05) is 13.2 Å². The molecule has 4 aliphatic carbocycles. The summed E-state index contributed by atoms with van der Waals surface area (Å²) in [6.45, 7) is 22.7. The van der Waals surface area contributed by atoms with Gasteiger partial charge in [0.25, 0.3) is 0 Å². The van der Waals surface area contributed by atoms with Gasteiger partial charge in [0.15, 0.2) is 0 Å². The molecule has 6 heteroatoms. The van der Waals surface area contributed by atoms with Gasteiger partial charge in [-0.05, 0) is 138 Å². The molecule has 4 rings (SSSR count). The minimum Gasteiger partial charge on any atom is -0.461 e. The molecule has 4 aliphatic rings. The van der Waals surface area contributed by atoms with Crippen molar-refractivity contribution < 1.29 is 29.3 Å². The van der Waals surface area contributed by atoms with Crippen molar-refractivity contribution in [2.24, 2.45) is 45.3 Å². The second kappa shape index (κ2) is 15.6. The zero-order valence-electron chi connectivity index (χ0n) is 32.5. The smallest absolute Gasteiger partial charge is 0.317 e. The van der Waals surface area contributed by atoms with Crippen LogP contribution in [0, 0.1) is 45.3 Å². The van der Waals surface area contributed by atoms with Crippen molar-refractivity contribution in [2.45, 2.75) is 152 Å².